The van der Waals surface area contributed by atoms with Crippen LogP contribution < -0.4 is 5.43 Å². The predicted octanol–water partition coefficient (Wildman–Crippen LogP) is 2.94. The highest BCUT2D eigenvalue weighted by Crippen LogP contribution is 2.22. The molecule has 108 valence electrons. The van der Waals surface area contributed by atoms with Gasteiger partial charge in [0.15, 0.2) is 5.11 Å². The first-order valence-electron chi connectivity index (χ1n) is 7.13. The zero-order valence-electron chi connectivity index (χ0n) is 12.3. The molecule has 0 amide bonds. The minimum absolute atomic E-state index is 0.476. The summed E-state index contributed by atoms with van der Waals surface area (Å²) in [5, 5.41) is 5.07. The van der Waals surface area contributed by atoms with E-state index in [1.165, 1.54) is 19.3 Å². The van der Waals surface area contributed by atoms with Crippen molar-refractivity contribution in [1.29, 1.82) is 0 Å². The molecule has 0 aromatic carbocycles. The molecule has 0 radical (unpaired) electrons. The Labute approximate surface area is 126 Å². The molecule has 1 aromatic heterocycles. The molecule has 2 rings (SSSR count). The van der Waals surface area contributed by atoms with E-state index in [4.69, 9.17) is 12.2 Å². The van der Waals surface area contributed by atoms with Gasteiger partial charge in [0.25, 0.3) is 0 Å². The second-order valence-corrected chi connectivity index (χ2v) is 5.75. The van der Waals surface area contributed by atoms with E-state index in [0.29, 0.717) is 17.2 Å². The number of thiocarbonyl (C=S) groups is 1. The van der Waals surface area contributed by atoms with Crippen LogP contribution in [0.25, 0.3) is 0 Å². The van der Waals surface area contributed by atoms with Crippen LogP contribution in [-0.2, 0) is 0 Å². The molecular formula is C15H22N4S. The molecule has 20 heavy (non-hydrogen) atoms. The summed E-state index contributed by atoms with van der Waals surface area (Å²) in [5.74, 6) is 0. The Balaban J connectivity index is 2.01. The van der Waals surface area contributed by atoms with Crippen molar-refractivity contribution in [3.05, 3.63) is 30.1 Å². The number of rotatable bonds is 2. The minimum atomic E-state index is 0.476. The Bertz CT molecular complexity index is 476. The van der Waals surface area contributed by atoms with Crippen LogP contribution in [0.15, 0.2) is 29.5 Å². The van der Waals surface area contributed by atoms with Crippen LogP contribution in [0, 0.1) is 0 Å². The smallest absolute Gasteiger partial charge is 0.190 e. The molecule has 0 saturated carbocycles. The van der Waals surface area contributed by atoms with Gasteiger partial charge in [-0.2, -0.15) is 5.10 Å². The molecule has 0 aliphatic carbocycles. The maximum Gasteiger partial charge on any atom is 0.190 e. The molecule has 2 atom stereocenters. The number of nitrogens with zero attached hydrogens (tertiary/aromatic N) is 3. The molecule has 4 nitrogen and oxygen atoms in total. The summed E-state index contributed by atoms with van der Waals surface area (Å²) in [7, 11) is 0. The van der Waals surface area contributed by atoms with Crippen molar-refractivity contribution >= 4 is 23.0 Å². The van der Waals surface area contributed by atoms with Gasteiger partial charge in [-0.1, -0.05) is 6.07 Å². The highest BCUT2D eigenvalue weighted by atomic mass is 32.1. The molecule has 1 aromatic rings. The zero-order valence-corrected chi connectivity index (χ0v) is 13.2. The third kappa shape index (κ3) is 3.54. The number of hydrogen-bond donors (Lipinski definition) is 1. The Morgan fingerprint density at radius 3 is 2.65 bits per heavy atom. The van der Waals surface area contributed by atoms with E-state index in [-0.39, 0.29) is 0 Å². The van der Waals surface area contributed by atoms with Crippen LogP contribution >= 0.6 is 12.2 Å². The summed E-state index contributed by atoms with van der Waals surface area (Å²) in [6.45, 7) is 6.37. The number of hydrazone groups is 1. The van der Waals surface area contributed by atoms with Crippen molar-refractivity contribution < 1.29 is 0 Å². The highest BCUT2D eigenvalue weighted by molar-refractivity contribution is 7.80. The standard InChI is InChI=1S/C15H22N4S/c1-11-7-6-8-12(2)19(11)15(20)18-17-13(3)14-9-4-5-10-16-14/h4-5,9-12H,6-8H2,1-3H3,(H,18,20)/b17-13+. The van der Waals surface area contributed by atoms with Gasteiger partial charge in [0.05, 0.1) is 11.4 Å². The lowest BCUT2D eigenvalue weighted by molar-refractivity contribution is 0.189. The molecule has 1 aliphatic rings. The van der Waals surface area contributed by atoms with Crippen LogP contribution in [0.5, 0.6) is 0 Å². The summed E-state index contributed by atoms with van der Waals surface area (Å²) >= 11 is 5.48. The molecule has 5 heteroatoms. The Morgan fingerprint density at radius 2 is 2.05 bits per heavy atom. The quantitative estimate of drug-likeness (QED) is 0.516. The summed E-state index contributed by atoms with van der Waals surface area (Å²) in [6, 6.07) is 6.74. The van der Waals surface area contributed by atoms with Crippen molar-refractivity contribution in [2.24, 2.45) is 5.10 Å². The highest BCUT2D eigenvalue weighted by Gasteiger charge is 2.26. The van der Waals surface area contributed by atoms with Crippen molar-refractivity contribution in [3.63, 3.8) is 0 Å². The molecular weight excluding hydrogens is 268 g/mol. The van der Waals surface area contributed by atoms with Crippen LogP contribution in [0.3, 0.4) is 0 Å². The maximum atomic E-state index is 5.48. The molecule has 1 N–H and O–H groups in total. The van der Waals surface area contributed by atoms with Gasteiger partial charge in [0, 0.05) is 18.3 Å². The molecule has 2 unspecified atom stereocenters. The van der Waals surface area contributed by atoms with Crippen LogP contribution in [-0.4, -0.2) is 32.8 Å². The van der Waals surface area contributed by atoms with Gasteiger partial charge < -0.3 is 4.90 Å². The normalized spacial score (nSPS) is 23.6. The summed E-state index contributed by atoms with van der Waals surface area (Å²) in [4.78, 5) is 6.53. The van der Waals surface area contributed by atoms with E-state index in [2.05, 4.69) is 34.3 Å². The van der Waals surface area contributed by atoms with Gasteiger partial charge in [-0.05, 0) is 64.4 Å². The summed E-state index contributed by atoms with van der Waals surface area (Å²) < 4.78 is 0. The third-order valence-electron chi connectivity index (χ3n) is 3.78. The van der Waals surface area contributed by atoms with E-state index in [1.807, 2.05) is 25.1 Å². The summed E-state index contributed by atoms with van der Waals surface area (Å²) in [6.07, 6.45) is 5.42. The van der Waals surface area contributed by atoms with E-state index in [0.717, 1.165) is 11.4 Å². The monoisotopic (exact) mass is 290 g/mol. The van der Waals surface area contributed by atoms with E-state index in [9.17, 15) is 0 Å². The SMILES string of the molecule is C/C(=N\NC(=S)N1C(C)CCCC1C)c1ccccn1. The van der Waals surface area contributed by atoms with Gasteiger partial charge in [-0.15, -0.1) is 0 Å². The van der Waals surface area contributed by atoms with Gasteiger partial charge >= 0.3 is 0 Å². The van der Waals surface area contributed by atoms with E-state index in [1.54, 1.807) is 6.20 Å². The molecule has 1 aliphatic heterocycles. The molecule has 2 heterocycles. The lowest BCUT2D eigenvalue weighted by Crippen LogP contribution is -2.50. The van der Waals surface area contributed by atoms with Crippen LogP contribution in [0.4, 0.5) is 0 Å². The Morgan fingerprint density at radius 1 is 1.35 bits per heavy atom. The van der Waals surface area contributed by atoms with Crippen molar-refractivity contribution in [3.8, 4) is 0 Å². The lowest BCUT2D eigenvalue weighted by Gasteiger charge is -2.40. The number of nitrogens with one attached hydrogen (secondary N) is 1. The first kappa shape index (κ1) is 14.9. The van der Waals surface area contributed by atoms with Crippen LogP contribution in [0.2, 0.25) is 0 Å². The molecule has 1 saturated heterocycles. The fourth-order valence-electron chi connectivity index (χ4n) is 2.65. The molecule has 1 fully saturated rings. The number of aromatic nitrogens is 1. The third-order valence-corrected chi connectivity index (χ3v) is 4.08. The molecule has 0 spiro atoms. The first-order valence-corrected chi connectivity index (χ1v) is 7.54. The maximum absolute atomic E-state index is 5.48. The Kier molecular flexibility index (Phi) is 5.06. The second-order valence-electron chi connectivity index (χ2n) is 5.37. The number of piperidine rings is 1. The first-order chi connectivity index (χ1) is 9.59. The van der Waals surface area contributed by atoms with Gasteiger partial charge in [-0.25, -0.2) is 0 Å². The van der Waals surface area contributed by atoms with Crippen molar-refractivity contribution in [2.45, 2.75) is 52.1 Å². The fraction of sp³-hybridized carbons (Fsp3) is 0.533. The van der Waals surface area contributed by atoms with Crippen molar-refractivity contribution in [1.82, 2.24) is 15.3 Å². The average molecular weight is 290 g/mol. The summed E-state index contributed by atoms with van der Waals surface area (Å²) in [5.41, 5.74) is 4.72. The van der Waals surface area contributed by atoms with Crippen LogP contribution in [0.1, 0.15) is 45.7 Å². The second kappa shape index (κ2) is 6.79. The van der Waals surface area contributed by atoms with Gasteiger partial charge in [0.2, 0.25) is 0 Å². The Hall–Kier alpha value is -1.49. The topological polar surface area (TPSA) is 40.5 Å². The van der Waals surface area contributed by atoms with E-state index < -0.39 is 0 Å². The number of hydrogen-bond acceptors (Lipinski definition) is 3. The fourth-order valence-corrected chi connectivity index (χ4v) is 3.05. The minimum Gasteiger partial charge on any atom is -0.342 e. The number of likely N-dealkylation sites (tertiary alicyclic amines) is 1. The van der Waals surface area contributed by atoms with E-state index >= 15 is 0 Å². The van der Waals surface area contributed by atoms with Gasteiger partial charge in [0.1, 0.15) is 0 Å². The zero-order chi connectivity index (χ0) is 14.5. The number of pyridine rings is 1. The average Bonchev–Trinajstić information content (AvgIpc) is 2.45. The molecule has 0 bridgehead atoms. The van der Waals surface area contributed by atoms with Crippen molar-refractivity contribution in [2.75, 3.05) is 0 Å². The lowest BCUT2D eigenvalue weighted by atomic mass is 9.98. The van der Waals surface area contributed by atoms with Gasteiger partial charge in [-0.3, -0.25) is 10.4 Å². The predicted molar refractivity (Wildman–Crippen MR) is 86.8 cm³/mol. The largest absolute Gasteiger partial charge is 0.342 e.